The summed E-state index contributed by atoms with van der Waals surface area (Å²) >= 11 is 5.65. The predicted octanol–water partition coefficient (Wildman–Crippen LogP) is 2.18. The van der Waals surface area contributed by atoms with Crippen molar-refractivity contribution in [3.05, 3.63) is 23.1 Å². The van der Waals surface area contributed by atoms with Crippen LogP contribution in [0.5, 0.6) is 0 Å². The smallest absolute Gasteiger partial charge is 0.289 e. The van der Waals surface area contributed by atoms with Crippen LogP contribution in [0.3, 0.4) is 0 Å². The molecule has 4 nitrogen and oxygen atoms in total. The molecule has 2 heterocycles. The van der Waals surface area contributed by atoms with Crippen LogP contribution in [0.4, 0.5) is 0 Å². The number of furan rings is 1. The number of nitrogens with zero attached hydrogens (tertiary/aromatic N) is 1. The Bertz CT molecular complexity index is 381. The number of carbonyl (C=O) groups is 1. The van der Waals surface area contributed by atoms with E-state index in [0.717, 1.165) is 25.9 Å². The number of rotatable bonds is 2. The molecule has 1 amide bonds. The number of halogens is 2. The van der Waals surface area contributed by atoms with Gasteiger partial charge in [-0.1, -0.05) is 0 Å². The van der Waals surface area contributed by atoms with Crippen molar-refractivity contribution in [2.75, 3.05) is 20.1 Å². The fourth-order valence-corrected chi connectivity index (χ4v) is 2.13. The highest BCUT2D eigenvalue weighted by molar-refractivity contribution is 6.29. The summed E-state index contributed by atoms with van der Waals surface area (Å²) in [5.41, 5.74) is 0. The Kier molecular flexibility index (Phi) is 5.31. The van der Waals surface area contributed by atoms with Crippen molar-refractivity contribution < 1.29 is 9.21 Å². The van der Waals surface area contributed by atoms with Crippen molar-refractivity contribution in [2.45, 2.75) is 18.9 Å². The molecule has 1 aliphatic heterocycles. The minimum atomic E-state index is -0.0770. The molecule has 0 saturated carbocycles. The van der Waals surface area contributed by atoms with E-state index < -0.39 is 0 Å². The molecule has 0 radical (unpaired) electrons. The molecule has 1 aliphatic rings. The van der Waals surface area contributed by atoms with Crippen molar-refractivity contribution in [3.8, 4) is 0 Å². The number of likely N-dealkylation sites (tertiary alicyclic amines) is 1. The molecule has 1 N–H and O–H groups in total. The molecule has 96 valence electrons. The zero-order valence-electron chi connectivity index (χ0n) is 9.61. The Balaban J connectivity index is 0.00000144. The van der Waals surface area contributed by atoms with E-state index in [2.05, 4.69) is 5.32 Å². The maximum atomic E-state index is 12.0. The number of piperidine rings is 1. The molecule has 6 heteroatoms. The van der Waals surface area contributed by atoms with Crippen LogP contribution < -0.4 is 5.32 Å². The van der Waals surface area contributed by atoms with Gasteiger partial charge >= 0.3 is 0 Å². The molecule has 0 aliphatic carbocycles. The normalized spacial score (nSPS) is 19.9. The van der Waals surface area contributed by atoms with Gasteiger partial charge in [-0.2, -0.15) is 0 Å². The van der Waals surface area contributed by atoms with E-state index in [1.54, 1.807) is 17.0 Å². The van der Waals surface area contributed by atoms with Crippen molar-refractivity contribution in [3.63, 3.8) is 0 Å². The van der Waals surface area contributed by atoms with E-state index in [1.165, 1.54) is 0 Å². The lowest BCUT2D eigenvalue weighted by atomic mass is 10.1. The fraction of sp³-hybridized carbons (Fsp3) is 0.545. The lowest BCUT2D eigenvalue weighted by Gasteiger charge is -2.31. The number of nitrogens with one attached hydrogen (secondary N) is 1. The van der Waals surface area contributed by atoms with E-state index in [1.807, 2.05) is 7.05 Å². The third-order valence-electron chi connectivity index (χ3n) is 2.90. The summed E-state index contributed by atoms with van der Waals surface area (Å²) in [6.45, 7) is 1.52. The van der Waals surface area contributed by atoms with Crippen LogP contribution >= 0.6 is 24.0 Å². The lowest BCUT2D eigenvalue weighted by Crippen LogP contribution is -2.46. The quantitative estimate of drug-likeness (QED) is 0.902. The first-order valence-corrected chi connectivity index (χ1v) is 5.80. The monoisotopic (exact) mass is 278 g/mol. The Morgan fingerprint density at radius 2 is 2.35 bits per heavy atom. The largest absolute Gasteiger partial charge is 0.440 e. The van der Waals surface area contributed by atoms with E-state index in [4.69, 9.17) is 16.0 Å². The molecule has 1 fully saturated rings. The van der Waals surface area contributed by atoms with Crippen LogP contribution in [0, 0.1) is 0 Å². The molecule has 1 unspecified atom stereocenters. The Labute approximate surface area is 112 Å². The molecule has 1 atom stereocenters. The second kappa shape index (κ2) is 6.28. The van der Waals surface area contributed by atoms with E-state index in [9.17, 15) is 4.79 Å². The average Bonchev–Trinajstić information content (AvgIpc) is 2.75. The number of likely N-dealkylation sites (N-methyl/N-ethyl adjacent to an activating group) is 1. The van der Waals surface area contributed by atoms with Gasteiger partial charge in [0, 0.05) is 19.1 Å². The maximum absolute atomic E-state index is 12.0. The summed E-state index contributed by atoms with van der Waals surface area (Å²) in [4.78, 5) is 13.8. The molecular weight excluding hydrogens is 263 g/mol. The zero-order valence-corrected chi connectivity index (χ0v) is 11.2. The molecule has 0 spiro atoms. The van der Waals surface area contributed by atoms with Crippen molar-refractivity contribution in [2.24, 2.45) is 0 Å². The van der Waals surface area contributed by atoms with Crippen LogP contribution in [-0.4, -0.2) is 37.0 Å². The van der Waals surface area contributed by atoms with Crippen LogP contribution in [0.2, 0.25) is 5.22 Å². The molecule has 1 saturated heterocycles. The van der Waals surface area contributed by atoms with Crippen molar-refractivity contribution in [1.82, 2.24) is 10.2 Å². The number of hydrogen-bond donors (Lipinski definition) is 1. The van der Waals surface area contributed by atoms with Crippen LogP contribution in [0.25, 0.3) is 0 Å². The van der Waals surface area contributed by atoms with Gasteiger partial charge in [-0.15, -0.1) is 12.4 Å². The van der Waals surface area contributed by atoms with E-state index in [0.29, 0.717) is 11.8 Å². The number of hydrogen-bond acceptors (Lipinski definition) is 3. The van der Waals surface area contributed by atoms with E-state index >= 15 is 0 Å². The predicted molar refractivity (Wildman–Crippen MR) is 69.0 cm³/mol. The summed E-state index contributed by atoms with van der Waals surface area (Å²) in [5, 5.41) is 3.45. The third-order valence-corrected chi connectivity index (χ3v) is 3.10. The van der Waals surface area contributed by atoms with Crippen LogP contribution in [0.1, 0.15) is 23.4 Å². The van der Waals surface area contributed by atoms with Gasteiger partial charge in [-0.05, 0) is 43.6 Å². The van der Waals surface area contributed by atoms with Crippen LogP contribution in [-0.2, 0) is 0 Å². The highest BCUT2D eigenvalue weighted by Crippen LogP contribution is 2.17. The van der Waals surface area contributed by atoms with Gasteiger partial charge in [0.25, 0.3) is 5.91 Å². The number of carbonyl (C=O) groups excluding carboxylic acids is 1. The summed E-state index contributed by atoms with van der Waals surface area (Å²) in [5.74, 6) is 0.244. The van der Waals surface area contributed by atoms with E-state index in [-0.39, 0.29) is 23.5 Å². The highest BCUT2D eigenvalue weighted by atomic mass is 35.5. The second-order valence-corrected chi connectivity index (χ2v) is 4.36. The molecule has 0 aromatic carbocycles. The summed E-state index contributed by atoms with van der Waals surface area (Å²) in [6.07, 6.45) is 2.13. The summed E-state index contributed by atoms with van der Waals surface area (Å²) < 4.78 is 5.12. The Hall–Kier alpha value is -0.710. The molecule has 0 bridgehead atoms. The first-order valence-electron chi connectivity index (χ1n) is 5.42. The van der Waals surface area contributed by atoms with Gasteiger partial charge in [0.05, 0.1) is 0 Å². The minimum Gasteiger partial charge on any atom is -0.440 e. The molecule has 17 heavy (non-hydrogen) atoms. The highest BCUT2D eigenvalue weighted by Gasteiger charge is 2.25. The van der Waals surface area contributed by atoms with Gasteiger partial charge in [0.15, 0.2) is 11.0 Å². The van der Waals surface area contributed by atoms with Crippen LogP contribution in [0.15, 0.2) is 16.5 Å². The first-order chi connectivity index (χ1) is 7.70. The van der Waals surface area contributed by atoms with Gasteiger partial charge in [0.2, 0.25) is 0 Å². The standard InChI is InChI=1S/C11H15ClN2O2.ClH/c1-13-8-3-2-6-14(7-8)11(15)9-4-5-10(12)16-9;/h4-5,8,13H,2-3,6-7H2,1H3;1H. The van der Waals surface area contributed by atoms with Gasteiger partial charge in [-0.25, -0.2) is 0 Å². The average molecular weight is 279 g/mol. The SMILES string of the molecule is CNC1CCCN(C(=O)c2ccc(Cl)o2)C1.Cl. The van der Waals surface area contributed by atoms with Crippen molar-refractivity contribution in [1.29, 1.82) is 0 Å². The van der Waals surface area contributed by atoms with Crippen molar-refractivity contribution >= 4 is 29.9 Å². The third kappa shape index (κ3) is 3.37. The Morgan fingerprint density at radius 1 is 1.59 bits per heavy atom. The summed E-state index contributed by atoms with van der Waals surface area (Å²) in [7, 11) is 1.92. The topological polar surface area (TPSA) is 45.5 Å². The Morgan fingerprint density at radius 3 is 2.94 bits per heavy atom. The first kappa shape index (κ1) is 14.4. The molecular formula is C11H16Cl2N2O2. The van der Waals surface area contributed by atoms with Gasteiger partial charge in [0.1, 0.15) is 0 Å². The van der Waals surface area contributed by atoms with Gasteiger partial charge < -0.3 is 14.6 Å². The molecule has 1 aromatic heterocycles. The second-order valence-electron chi connectivity index (χ2n) is 3.98. The lowest BCUT2D eigenvalue weighted by molar-refractivity contribution is 0.0666. The fourth-order valence-electron chi connectivity index (χ4n) is 1.98. The molecule has 1 aromatic rings. The number of amides is 1. The zero-order chi connectivity index (χ0) is 11.5. The summed E-state index contributed by atoms with van der Waals surface area (Å²) in [6, 6.07) is 3.59. The molecule has 2 rings (SSSR count). The maximum Gasteiger partial charge on any atom is 0.289 e. The van der Waals surface area contributed by atoms with Gasteiger partial charge in [-0.3, -0.25) is 4.79 Å². The minimum absolute atomic E-state index is 0.